The molecule has 0 bridgehead atoms. The van der Waals surface area contributed by atoms with E-state index in [0.717, 1.165) is 42.2 Å². The average Bonchev–Trinajstić information content (AvgIpc) is 3.08. The monoisotopic (exact) mass is 443 g/mol. The number of halogens is 1. The Hall–Kier alpha value is -0.570. The van der Waals surface area contributed by atoms with Crippen molar-refractivity contribution >= 4 is 58.2 Å². The van der Waals surface area contributed by atoms with E-state index in [4.69, 9.17) is 11.6 Å². The Bertz CT molecular complexity index is 739. The number of nitrogens with zero attached hydrogens (tertiary/aromatic N) is 2. The second kappa shape index (κ2) is 10.3. The van der Waals surface area contributed by atoms with Crippen LogP contribution in [0, 0.1) is 0 Å². The molecule has 0 radical (unpaired) electrons. The molecule has 2 N–H and O–H groups in total. The van der Waals surface area contributed by atoms with E-state index < -0.39 is 0 Å². The molecule has 8 heteroatoms. The fourth-order valence-corrected chi connectivity index (χ4v) is 6.66. The first-order valence-corrected chi connectivity index (χ1v) is 11.9. The fraction of sp³-hybridized carbons (Fsp3) is 0.474. The van der Waals surface area contributed by atoms with Crippen molar-refractivity contribution in [1.82, 2.24) is 4.31 Å². The van der Waals surface area contributed by atoms with E-state index in [9.17, 15) is 5.11 Å². The fourth-order valence-electron chi connectivity index (χ4n) is 3.33. The Balaban J connectivity index is 1.76. The van der Waals surface area contributed by atoms with Gasteiger partial charge in [0.25, 0.3) is 0 Å². The van der Waals surface area contributed by atoms with Gasteiger partial charge in [-0.2, -0.15) is 0 Å². The van der Waals surface area contributed by atoms with E-state index in [0.29, 0.717) is 6.04 Å². The third-order valence-electron chi connectivity index (χ3n) is 4.45. The third-order valence-corrected chi connectivity index (χ3v) is 7.75. The highest BCUT2D eigenvalue weighted by molar-refractivity contribution is 8.03. The van der Waals surface area contributed by atoms with Crippen molar-refractivity contribution < 1.29 is 5.11 Å². The zero-order valence-corrected chi connectivity index (χ0v) is 18.9. The van der Waals surface area contributed by atoms with E-state index in [-0.39, 0.29) is 6.61 Å². The molecule has 3 rings (SSSR count). The van der Waals surface area contributed by atoms with Crippen molar-refractivity contribution in [3.8, 4) is 0 Å². The van der Waals surface area contributed by atoms with Crippen LogP contribution in [0.15, 0.2) is 38.8 Å². The molecular formula is C19H26ClN3OS3. The van der Waals surface area contributed by atoms with Gasteiger partial charge in [-0.3, -0.25) is 4.31 Å². The molecule has 2 aromatic rings. The highest BCUT2D eigenvalue weighted by Gasteiger charge is 2.26. The Kier molecular flexibility index (Phi) is 8.05. The minimum absolute atomic E-state index is 0.213. The van der Waals surface area contributed by atoms with Crippen molar-refractivity contribution in [2.75, 3.05) is 36.9 Å². The lowest BCUT2D eigenvalue weighted by atomic mass is 9.98. The number of aliphatic hydroxyl groups is 1. The maximum atomic E-state index is 9.46. The van der Waals surface area contributed by atoms with Crippen molar-refractivity contribution in [1.29, 1.82) is 0 Å². The van der Waals surface area contributed by atoms with E-state index in [1.165, 1.54) is 14.8 Å². The van der Waals surface area contributed by atoms with Crippen LogP contribution >= 0.6 is 46.8 Å². The summed E-state index contributed by atoms with van der Waals surface area (Å²) >= 11 is 11.7. The van der Waals surface area contributed by atoms with Gasteiger partial charge in [0.15, 0.2) is 0 Å². The van der Waals surface area contributed by atoms with Crippen LogP contribution in [0.5, 0.6) is 0 Å². The molecule has 148 valence electrons. The summed E-state index contributed by atoms with van der Waals surface area (Å²) < 4.78 is 8.10. The number of thiophene rings is 1. The number of aliphatic hydroxyl groups excluding tert-OH is 1. The summed E-state index contributed by atoms with van der Waals surface area (Å²) in [6.07, 6.45) is 4.27. The van der Waals surface area contributed by atoms with Gasteiger partial charge in [-0.25, -0.2) is 0 Å². The van der Waals surface area contributed by atoms with Crippen molar-refractivity contribution in [3.63, 3.8) is 0 Å². The highest BCUT2D eigenvalue weighted by Crippen LogP contribution is 2.41. The predicted molar refractivity (Wildman–Crippen MR) is 121 cm³/mol. The maximum Gasteiger partial charge on any atom is 0.0820 e. The number of anilines is 2. The largest absolute Gasteiger partial charge is 0.396 e. The zero-order chi connectivity index (χ0) is 19.2. The van der Waals surface area contributed by atoms with E-state index in [1.54, 1.807) is 35.2 Å². The molecule has 27 heavy (non-hydrogen) atoms. The molecule has 1 atom stereocenters. The Morgan fingerprint density at radius 1 is 1.26 bits per heavy atom. The van der Waals surface area contributed by atoms with Gasteiger partial charge < -0.3 is 14.7 Å². The first-order valence-electron chi connectivity index (χ1n) is 9.12. The quantitative estimate of drug-likeness (QED) is 0.500. The van der Waals surface area contributed by atoms with Crippen LogP contribution in [-0.4, -0.2) is 42.7 Å². The summed E-state index contributed by atoms with van der Waals surface area (Å²) in [4.78, 5) is 2.38. The second-order valence-corrected chi connectivity index (χ2v) is 10.9. The Morgan fingerprint density at radius 3 is 2.85 bits per heavy atom. The van der Waals surface area contributed by atoms with E-state index in [2.05, 4.69) is 46.2 Å². The minimum atomic E-state index is 0.213. The number of hydrogen-bond donors (Lipinski definition) is 2. The number of rotatable bonds is 8. The molecular weight excluding hydrogens is 418 g/mol. The smallest absolute Gasteiger partial charge is 0.0820 e. The van der Waals surface area contributed by atoms with Crippen LogP contribution in [0.3, 0.4) is 0 Å². The summed E-state index contributed by atoms with van der Waals surface area (Å²) in [5.74, 6) is 0. The lowest BCUT2D eigenvalue weighted by molar-refractivity contribution is 0.262. The number of benzene rings is 1. The van der Waals surface area contributed by atoms with E-state index >= 15 is 0 Å². The summed E-state index contributed by atoms with van der Waals surface area (Å²) in [5.41, 5.74) is 2.09. The van der Waals surface area contributed by atoms with Crippen molar-refractivity contribution in [2.45, 2.75) is 40.1 Å². The molecule has 1 aromatic carbocycles. The molecule has 1 aliphatic rings. The molecule has 4 nitrogen and oxygen atoms in total. The first-order chi connectivity index (χ1) is 13.1. The van der Waals surface area contributed by atoms with Gasteiger partial charge >= 0.3 is 0 Å². The average molecular weight is 444 g/mol. The van der Waals surface area contributed by atoms with Crippen LogP contribution in [0.2, 0.25) is 5.02 Å². The zero-order valence-electron chi connectivity index (χ0n) is 15.7. The normalized spacial score (nSPS) is 17.5. The standard InChI is InChI=1S/C19H26ClN3OS3/c1-22(2)27-18-10-9-17(25-18)26-21-16-8-5-7-15(20)19(16)23-12-4-3-6-14(23)11-13-24/h5,7-10,14,21,24H,3-4,6,11-13H2,1-2H3. The molecule has 0 spiro atoms. The minimum Gasteiger partial charge on any atom is -0.396 e. The van der Waals surface area contributed by atoms with Crippen LogP contribution in [0.1, 0.15) is 25.7 Å². The lowest BCUT2D eigenvalue weighted by Crippen LogP contribution is -2.40. The third kappa shape index (κ3) is 5.71. The number of nitrogens with one attached hydrogen (secondary N) is 1. The number of piperidine rings is 1. The van der Waals surface area contributed by atoms with Crippen LogP contribution in [0.25, 0.3) is 0 Å². The van der Waals surface area contributed by atoms with Crippen LogP contribution in [0.4, 0.5) is 11.4 Å². The number of para-hydroxylation sites is 1. The SMILES string of the molecule is CN(C)Sc1ccc(SNc2cccc(Cl)c2N2CCCCC2CCO)s1. The van der Waals surface area contributed by atoms with Gasteiger partial charge in [0.05, 0.1) is 24.8 Å². The van der Waals surface area contributed by atoms with Gasteiger partial charge in [-0.1, -0.05) is 17.7 Å². The summed E-state index contributed by atoms with van der Waals surface area (Å²) in [6, 6.07) is 10.7. The summed E-state index contributed by atoms with van der Waals surface area (Å²) in [6.45, 7) is 1.20. The van der Waals surface area contributed by atoms with Gasteiger partial charge in [0, 0.05) is 19.2 Å². The molecule has 1 saturated heterocycles. The molecule has 2 heterocycles. The Morgan fingerprint density at radius 2 is 2.07 bits per heavy atom. The molecule has 0 saturated carbocycles. The van der Waals surface area contributed by atoms with Crippen molar-refractivity contribution in [2.24, 2.45) is 0 Å². The van der Waals surface area contributed by atoms with Gasteiger partial charge in [0.1, 0.15) is 0 Å². The van der Waals surface area contributed by atoms with Crippen LogP contribution in [-0.2, 0) is 0 Å². The summed E-state index contributed by atoms with van der Waals surface area (Å²) in [7, 11) is 4.10. The van der Waals surface area contributed by atoms with Gasteiger partial charge in [0.2, 0.25) is 0 Å². The summed E-state index contributed by atoms with van der Waals surface area (Å²) in [5, 5.41) is 10.2. The molecule has 0 aliphatic carbocycles. The van der Waals surface area contributed by atoms with Crippen molar-refractivity contribution in [3.05, 3.63) is 35.4 Å². The maximum absolute atomic E-state index is 9.46. The second-order valence-electron chi connectivity index (χ2n) is 6.67. The molecule has 1 aliphatic heterocycles. The van der Waals surface area contributed by atoms with Crippen LogP contribution < -0.4 is 9.62 Å². The molecule has 1 aromatic heterocycles. The topological polar surface area (TPSA) is 38.7 Å². The predicted octanol–water partition coefficient (Wildman–Crippen LogP) is 5.83. The van der Waals surface area contributed by atoms with Gasteiger partial charge in [-0.05, 0) is 87.9 Å². The highest BCUT2D eigenvalue weighted by atomic mass is 35.5. The molecule has 0 amide bonds. The molecule has 1 fully saturated rings. The number of hydrogen-bond acceptors (Lipinski definition) is 7. The van der Waals surface area contributed by atoms with E-state index in [1.807, 2.05) is 12.1 Å². The lowest BCUT2D eigenvalue weighted by Gasteiger charge is -2.39. The molecule has 1 unspecified atom stereocenters. The van der Waals surface area contributed by atoms with Gasteiger partial charge in [-0.15, -0.1) is 11.3 Å². The first kappa shape index (κ1) is 21.1. The Labute approximate surface area is 179 Å².